The maximum atomic E-state index is 5.23. The zero-order valence-electron chi connectivity index (χ0n) is 12.4. The van der Waals surface area contributed by atoms with Crippen LogP contribution in [-0.2, 0) is 0 Å². The molecule has 22 heavy (non-hydrogen) atoms. The minimum absolute atomic E-state index is 0.337. The van der Waals surface area contributed by atoms with E-state index in [1.54, 1.807) is 14.2 Å². The van der Waals surface area contributed by atoms with Crippen LogP contribution in [0.25, 0.3) is 0 Å². The number of hydrogen-bond donors (Lipinski definition) is 2. The molecule has 3 rings (SSSR count). The topological polar surface area (TPSA) is 18.5 Å². The highest BCUT2D eigenvalue weighted by Crippen LogP contribution is 2.80. The SMILES string of the molecule is COc1ccc(P2C(S)P(c3ccc(OC)cc3)C2S)cc1. The van der Waals surface area contributed by atoms with Crippen LogP contribution in [0.2, 0.25) is 0 Å². The Hall–Kier alpha value is -0.400. The third kappa shape index (κ3) is 2.99. The maximum Gasteiger partial charge on any atom is 0.118 e. The zero-order chi connectivity index (χ0) is 15.7. The molecule has 116 valence electrons. The van der Waals surface area contributed by atoms with Crippen molar-refractivity contribution in [2.45, 2.75) is 9.46 Å². The Morgan fingerprint density at radius 1 is 0.682 bits per heavy atom. The Bertz CT molecular complexity index is 568. The first-order valence-electron chi connectivity index (χ1n) is 6.86. The molecule has 0 unspecified atom stereocenters. The van der Waals surface area contributed by atoms with Crippen molar-refractivity contribution in [1.29, 1.82) is 0 Å². The molecule has 0 spiro atoms. The molecule has 1 aliphatic heterocycles. The van der Waals surface area contributed by atoms with Crippen molar-refractivity contribution >= 4 is 51.7 Å². The molecule has 1 aliphatic rings. The van der Waals surface area contributed by atoms with Crippen LogP contribution < -0.4 is 20.1 Å². The third-order valence-corrected chi connectivity index (χ3v) is 13.5. The molecule has 2 nitrogen and oxygen atoms in total. The van der Waals surface area contributed by atoms with Gasteiger partial charge >= 0.3 is 0 Å². The fourth-order valence-electron chi connectivity index (χ4n) is 2.48. The quantitative estimate of drug-likeness (QED) is 0.626. The minimum Gasteiger partial charge on any atom is -0.497 e. The summed E-state index contributed by atoms with van der Waals surface area (Å²) >= 11 is 9.80. The Kier molecular flexibility index (Phi) is 5.24. The zero-order valence-corrected chi connectivity index (χ0v) is 16.0. The highest BCUT2D eigenvalue weighted by Gasteiger charge is 2.47. The number of rotatable bonds is 4. The summed E-state index contributed by atoms with van der Waals surface area (Å²) in [7, 11) is 2.71. The van der Waals surface area contributed by atoms with E-state index in [0.717, 1.165) is 11.5 Å². The van der Waals surface area contributed by atoms with Gasteiger partial charge in [0.05, 0.1) is 23.7 Å². The Balaban J connectivity index is 1.77. The number of hydrogen-bond acceptors (Lipinski definition) is 4. The fourth-order valence-corrected chi connectivity index (χ4v) is 14.4. The Morgan fingerprint density at radius 3 is 1.27 bits per heavy atom. The van der Waals surface area contributed by atoms with Gasteiger partial charge in [-0.2, -0.15) is 25.3 Å². The van der Waals surface area contributed by atoms with E-state index >= 15 is 0 Å². The van der Waals surface area contributed by atoms with Crippen LogP contribution in [-0.4, -0.2) is 23.7 Å². The van der Waals surface area contributed by atoms with E-state index in [-0.39, 0.29) is 15.8 Å². The van der Waals surface area contributed by atoms with Crippen molar-refractivity contribution in [3.63, 3.8) is 0 Å². The summed E-state index contributed by atoms with van der Waals surface area (Å²) in [5.74, 6) is 1.78. The molecule has 2 aromatic rings. The summed E-state index contributed by atoms with van der Waals surface area (Å²) in [5, 5.41) is 2.70. The first-order valence-corrected chi connectivity index (χ1v) is 10.9. The van der Waals surface area contributed by atoms with E-state index in [4.69, 9.17) is 34.7 Å². The van der Waals surface area contributed by atoms with Gasteiger partial charge in [-0.25, -0.2) is 0 Å². The summed E-state index contributed by atoms with van der Waals surface area (Å²) in [5.41, 5.74) is 0. The van der Waals surface area contributed by atoms with Gasteiger partial charge in [-0.15, -0.1) is 0 Å². The van der Waals surface area contributed by atoms with Crippen molar-refractivity contribution in [3.8, 4) is 11.5 Å². The van der Waals surface area contributed by atoms with Crippen LogP contribution in [0.4, 0.5) is 0 Å². The number of ether oxygens (including phenoxy) is 2. The van der Waals surface area contributed by atoms with E-state index < -0.39 is 0 Å². The van der Waals surface area contributed by atoms with Crippen LogP contribution in [0.3, 0.4) is 0 Å². The van der Waals surface area contributed by atoms with Gasteiger partial charge in [0.15, 0.2) is 0 Å². The van der Waals surface area contributed by atoms with E-state index in [1.807, 2.05) is 24.3 Å². The molecule has 0 radical (unpaired) electrons. The van der Waals surface area contributed by atoms with Gasteiger partial charge in [0.2, 0.25) is 0 Å². The lowest BCUT2D eigenvalue weighted by molar-refractivity contribution is 0.415. The van der Waals surface area contributed by atoms with E-state index in [9.17, 15) is 0 Å². The van der Waals surface area contributed by atoms with Crippen molar-refractivity contribution in [3.05, 3.63) is 48.5 Å². The van der Waals surface area contributed by atoms with Crippen LogP contribution in [0.15, 0.2) is 48.5 Å². The minimum atomic E-state index is -0.337. The Morgan fingerprint density at radius 2 is 1.00 bits per heavy atom. The highest BCUT2D eigenvalue weighted by molar-refractivity contribution is 8.22. The number of methoxy groups -OCH3 is 2. The fraction of sp³-hybridized carbons (Fsp3) is 0.250. The molecular weight excluding hydrogens is 350 g/mol. The lowest BCUT2D eigenvalue weighted by Crippen LogP contribution is -2.30. The Labute approximate surface area is 144 Å². The van der Waals surface area contributed by atoms with Gasteiger partial charge in [0.25, 0.3) is 0 Å². The normalized spacial score (nSPS) is 27.1. The van der Waals surface area contributed by atoms with Crippen LogP contribution in [0.1, 0.15) is 0 Å². The first-order chi connectivity index (χ1) is 10.7. The lowest BCUT2D eigenvalue weighted by atomic mass is 10.3. The monoisotopic (exact) mass is 368 g/mol. The van der Waals surface area contributed by atoms with Gasteiger partial charge in [-0.3, -0.25) is 0 Å². The molecule has 0 aliphatic carbocycles. The molecule has 1 fully saturated rings. The summed E-state index contributed by atoms with van der Waals surface area (Å²) in [4.78, 5) is 0. The molecule has 0 N–H and O–H groups in total. The van der Waals surface area contributed by atoms with E-state index in [2.05, 4.69) is 24.3 Å². The lowest BCUT2D eigenvalue weighted by Gasteiger charge is -2.48. The molecule has 0 amide bonds. The second-order valence-corrected chi connectivity index (χ2v) is 13.1. The molecule has 2 aromatic carbocycles. The van der Waals surface area contributed by atoms with Gasteiger partial charge in [-0.1, -0.05) is 24.3 Å². The number of benzene rings is 2. The predicted octanol–water partition coefficient (Wildman–Crippen LogP) is 4.06. The van der Waals surface area contributed by atoms with Gasteiger partial charge in [-0.05, 0) is 50.7 Å². The average Bonchev–Trinajstić information content (AvgIpc) is 2.56. The number of thiol groups is 2. The van der Waals surface area contributed by atoms with Gasteiger partial charge < -0.3 is 9.47 Å². The molecule has 0 atom stereocenters. The molecule has 6 heteroatoms. The molecule has 1 heterocycles. The maximum absolute atomic E-state index is 5.23. The molecule has 0 bridgehead atoms. The average molecular weight is 368 g/mol. The summed E-state index contributed by atoms with van der Waals surface area (Å²) < 4.78 is 11.3. The summed E-state index contributed by atoms with van der Waals surface area (Å²) in [6, 6.07) is 16.7. The smallest absolute Gasteiger partial charge is 0.118 e. The molecular formula is C16H18O2P2S2. The standard InChI is InChI=1S/C16H18O2P2S2/c1-17-11-3-7-13(8-4-11)19-15(21)20(16(19)22)14-9-5-12(18-2)6-10-14/h3-10,15-16,21-22H,1-2H3. The largest absolute Gasteiger partial charge is 0.497 e. The van der Waals surface area contributed by atoms with Gasteiger partial charge in [0.1, 0.15) is 11.5 Å². The second kappa shape index (κ2) is 7.01. The second-order valence-electron chi connectivity index (χ2n) is 4.90. The van der Waals surface area contributed by atoms with E-state index in [0.29, 0.717) is 9.46 Å². The predicted molar refractivity (Wildman–Crippen MR) is 105 cm³/mol. The molecule has 1 saturated heterocycles. The first kappa shape index (κ1) is 16.5. The highest BCUT2D eigenvalue weighted by atomic mass is 32.1. The van der Waals surface area contributed by atoms with Crippen LogP contribution in [0.5, 0.6) is 11.5 Å². The van der Waals surface area contributed by atoms with Crippen LogP contribution >= 0.6 is 41.1 Å². The van der Waals surface area contributed by atoms with Crippen LogP contribution in [0, 0.1) is 0 Å². The van der Waals surface area contributed by atoms with Crippen molar-refractivity contribution in [2.75, 3.05) is 14.2 Å². The van der Waals surface area contributed by atoms with Gasteiger partial charge in [0, 0.05) is 0 Å². The third-order valence-electron chi connectivity index (χ3n) is 3.74. The summed E-state index contributed by atoms with van der Waals surface area (Å²) in [6.45, 7) is 0. The summed E-state index contributed by atoms with van der Waals surface area (Å²) in [6.07, 6.45) is 0. The molecule has 0 aromatic heterocycles. The van der Waals surface area contributed by atoms with Crippen molar-refractivity contribution < 1.29 is 9.47 Å². The van der Waals surface area contributed by atoms with Crippen molar-refractivity contribution in [1.82, 2.24) is 0 Å². The molecule has 0 saturated carbocycles. The van der Waals surface area contributed by atoms with E-state index in [1.165, 1.54) is 10.6 Å². The van der Waals surface area contributed by atoms with Crippen molar-refractivity contribution in [2.24, 2.45) is 0 Å².